The summed E-state index contributed by atoms with van der Waals surface area (Å²) in [5.41, 5.74) is 1.00. The van der Waals surface area contributed by atoms with Crippen molar-refractivity contribution in [2.24, 2.45) is 7.05 Å². The molecule has 0 aliphatic rings. The second-order valence-corrected chi connectivity index (χ2v) is 7.87. The molecule has 6 nitrogen and oxygen atoms in total. The summed E-state index contributed by atoms with van der Waals surface area (Å²) in [6, 6.07) is 16.4. The van der Waals surface area contributed by atoms with Gasteiger partial charge in [-0.05, 0) is 35.2 Å². The Labute approximate surface area is 167 Å². The van der Waals surface area contributed by atoms with Gasteiger partial charge in [0.15, 0.2) is 12.4 Å². The van der Waals surface area contributed by atoms with Crippen molar-refractivity contribution in [3.63, 3.8) is 0 Å². The quantitative estimate of drug-likeness (QED) is 0.216. The van der Waals surface area contributed by atoms with Gasteiger partial charge in [0.05, 0.1) is 9.77 Å². The molecule has 8 heteroatoms. The number of thiophene rings is 1. The number of ketones is 1. The molecular weight excluding hydrogens is 396 g/mol. The molecule has 0 fully saturated rings. The van der Waals surface area contributed by atoms with Gasteiger partial charge in [-0.1, -0.05) is 24.3 Å². The Balaban J connectivity index is 0.000000237. The first-order chi connectivity index (χ1) is 13.3. The van der Waals surface area contributed by atoms with Gasteiger partial charge >= 0.3 is 0 Å². The number of hydrogen-bond acceptors (Lipinski definition) is 6. The molecule has 0 spiro atoms. The summed E-state index contributed by atoms with van der Waals surface area (Å²) >= 11 is 1.34. The lowest BCUT2D eigenvalue weighted by Gasteiger charge is -2.04. The summed E-state index contributed by atoms with van der Waals surface area (Å²) in [6.07, 6.45) is 5.36. The van der Waals surface area contributed by atoms with Crippen molar-refractivity contribution >= 4 is 33.3 Å². The van der Waals surface area contributed by atoms with Gasteiger partial charge in [-0.15, -0.1) is 11.3 Å². The van der Waals surface area contributed by atoms with Crippen LogP contribution < -0.4 is 4.57 Å². The number of rotatable bonds is 4. The van der Waals surface area contributed by atoms with E-state index in [2.05, 4.69) is 0 Å². The van der Waals surface area contributed by atoms with E-state index in [0.29, 0.717) is 4.88 Å². The Morgan fingerprint density at radius 3 is 2.21 bits per heavy atom. The molecule has 0 saturated heterocycles. The molecule has 0 N–H and O–H groups in total. The van der Waals surface area contributed by atoms with E-state index < -0.39 is 10.1 Å². The number of nitrogens with zero attached hydrogens (tertiary/aromatic N) is 2. The van der Waals surface area contributed by atoms with Crippen molar-refractivity contribution in [2.75, 3.05) is 0 Å². The molecule has 0 bridgehead atoms. The predicted octanol–water partition coefficient (Wildman–Crippen LogP) is 2.95. The molecule has 0 aliphatic heterocycles. The molecule has 0 aliphatic carbocycles. The predicted molar refractivity (Wildman–Crippen MR) is 104 cm³/mol. The fraction of sp³-hybridized carbons (Fsp3) is 0.0500. The van der Waals surface area contributed by atoms with Gasteiger partial charge in [0.1, 0.15) is 28.8 Å². The van der Waals surface area contributed by atoms with Crippen LogP contribution in [0.5, 0.6) is 0 Å². The molecule has 142 valence electrons. The van der Waals surface area contributed by atoms with Gasteiger partial charge in [0, 0.05) is 12.1 Å². The highest BCUT2D eigenvalue weighted by atomic mass is 32.2. The summed E-state index contributed by atoms with van der Waals surface area (Å²) in [5.74, 6) is -0.222. The first-order valence-corrected chi connectivity index (χ1v) is 10.3. The fourth-order valence-corrected chi connectivity index (χ4v) is 3.22. The third kappa shape index (κ3) is 6.25. The minimum atomic E-state index is -4.25. The second-order valence-electron chi connectivity index (χ2n) is 5.54. The van der Waals surface area contributed by atoms with E-state index in [1.165, 1.54) is 35.6 Å². The number of carbonyl (C=O) groups excluding carboxylic acids is 1. The molecule has 0 unspecified atom stereocenters. The third-order valence-corrected chi connectivity index (χ3v) is 5.18. The van der Waals surface area contributed by atoms with Crippen LogP contribution in [0, 0.1) is 11.3 Å². The van der Waals surface area contributed by atoms with Crippen LogP contribution in [-0.4, -0.2) is 18.8 Å². The Bertz CT molecular complexity index is 1100. The van der Waals surface area contributed by atoms with Crippen molar-refractivity contribution in [3.05, 3.63) is 88.4 Å². The lowest BCUT2D eigenvalue weighted by Crippen LogP contribution is -2.25. The largest absolute Gasteiger partial charge is 0.744 e. The molecular formula is C20H16N2O4S2. The van der Waals surface area contributed by atoms with Crippen LogP contribution in [0.4, 0.5) is 0 Å². The fourth-order valence-electron chi connectivity index (χ4n) is 2.05. The van der Waals surface area contributed by atoms with Gasteiger partial charge < -0.3 is 4.55 Å². The van der Waals surface area contributed by atoms with Crippen LogP contribution in [0.3, 0.4) is 0 Å². The Hall–Kier alpha value is -3.12. The lowest BCUT2D eigenvalue weighted by atomic mass is 10.1. The van der Waals surface area contributed by atoms with Crippen LogP contribution in [0.15, 0.2) is 82.8 Å². The van der Waals surface area contributed by atoms with Crippen LogP contribution >= 0.6 is 11.3 Å². The zero-order valence-electron chi connectivity index (χ0n) is 14.8. The number of carbonyl (C=O) groups is 1. The number of allylic oxidation sites excluding steroid dienone is 1. The molecule has 1 aromatic carbocycles. The van der Waals surface area contributed by atoms with Crippen LogP contribution in [0.1, 0.15) is 15.2 Å². The third-order valence-electron chi connectivity index (χ3n) is 3.46. The molecule has 0 radical (unpaired) electrons. The van der Waals surface area contributed by atoms with Gasteiger partial charge in [0.25, 0.3) is 0 Å². The SMILES string of the molecule is C[n+]1ccc(C=C(C#N)C(=O)c2cccs2)cc1.O=S(=O)([O-])c1ccccc1. The highest BCUT2D eigenvalue weighted by Gasteiger charge is 2.12. The number of pyridine rings is 1. The molecule has 2 heterocycles. The molecule has 3 rings (SSSR count). The monoisotopic (exact) mass is 412 g/mol. The minimum absolute atomic E-state index is 0.159. The van der Waals surface area contributed by atoms with Gasteiger partial charge in [0.2, 0.25) is 5.78 Å². The maximum absolute atomic E-state index is 12.0. The average Bonchev–Trinajstić information content (AvgIpc) is 3.22. The number of hydrogen-bond donors (Lipinski definition) is 0. The first kappa shape index (κ1) is 21.2. The molecule has 0 atom stereocenters. The van der Waals surface area contributed by atoms with Crippen LogP contribution in [0.2, 0.25) is 0 Å². The summed E-state index contributed by atoms with van der Waals surface area (Å²) in [6.45, 7) is 0. The molecule has 3 aromatic rings. The maximum atomic E-state index is 12.0. The van der Waals surface area contributed by atoms with E-state index in [1.807, 2.05) is 47.6 Å². The van der Waals surface area contributed by atoms with E-state index in [0.717, 1.165) is 5.56 Å². The van der Waals surface area contributed by atoms with Crippen molar-refractivity contribution in [1.29, 1.82) is 5.26 Å². The topological polar surface area (TPSA) is 102 Å². The van der Waals surface area contributed by atoms with Crippen molar-refractivity contribution in [3.8, 4) is 6.07 Å². The Morgan fingerprint density at radius 1 is 1.11 bits per heavy atom. The zero-order valence-corrected chi connectivity index (χ0v) is 16.5. The smallest absolute Gasteiger partial charge is 0.213 e. The summed E-state index contributed by atoms with van der Waals surface area (Å²) in [5, 5.41) is 10.9. The maximum Gasteiger partial charge on any atom is 0.213 e. The lowest BCUT2D eigenvalue weighted by molar-refractivity contribution is -0.671. The van der Waals surface area contributed by atoms with E-state index in [-0.39, 0.29) is 16.3 Å². The average molecular weight is 412 g/mol. The molecule has 0 saturated carbocycles. The summed E-state index contributed by atoms with van der Waals surface area (Å²) in [7, 11) is -2.34. The Kier molecular flexibility index (Phi) is 7.35. The number of aromatic nitrogens is 1. The van der Waals surface area contributed by atoms with E-state index in [1.54, 1.807) is 24.3 Å². The minimum Gasteiger partial charge on any atom is -0.744 e. The van der Waals surface area contributed by atoms with Crippen LogP contribution in [-0.2, 0) is 17.2 Å². The van der Waals surface area contributed by atoms with E-state index in [9.17, 15) is 17.8 Å². The first-order valence-electron chi connectivity index (χ1n) is 7.97. The number of aryl methyl sites for hydroxylation is 1. The van der Waals surface area contributed by atoms with Crippen molar-refractivity contribution in [2.45, 2.75) is 4.90 Å². The van der Waals surface area contributed by atoms with Crippen molar-refractivity contribution < 1.29 is 22.3 Å². The summed E-state index contributed by atoms with van der Waals surface area (Å²) in [4.78, 5) is 12.4. The Morgan fingerprint density at radius 2 is 1.75 bits per heavy atom. The standard InChI is InChI=1S/C14H11N2OS.C6H6O3S/c1-16-6-4-11(5-7-16)9-12(10-15)14(17)13-3-2-8-18-13;7-10(8,9)6-4-2-1-3-5-6/h2-9H,1H3;1-5H,(H,7,8,9)/q+1;/p-1. The molecule has 0 amide bonds. The highest BCUT2D eigenvalue weighted by Crippen LogP contribution is 2.16. The van der Waals surface area contributed by atoms with Gasteiger partial charge in [-0.3, -0.25) is 4.79 Å². The highest BCUT2D eigenvalue weighted by molar-refractivity contribution is 7.85. The van der Waals surface area contributed by atoms with Gasteiger partial charge in [-0.2, -0.15) is 5.26 Å². The van der Waals surface area contributed by atoms with Crippen molar-refractivity contribution in [1.82, 2.24) is 0 Å². The zero-order chi connectivity index (χ0) is 20.6. The molecule has 28 heavy (non-hydrogen) atoms. The second kappa shape index (κ2) is 9.71. The number of benzene rings is 1. The van der Waals surface area contributed by atoms with E-state index in [4.69, 9.17) is 5.26 Å². The normalized spacial score (nSPS) is 11.1. The number of nitriles is 1. The number of Topliss-reactive ketones (excluding diaryl/α,β-unsaturated/α-hetero) is 1. The molecule has 2 aromatic heterocycles. The van der Waals surface area contributed by atoms with Crippen LogP contribution in [0.25, 0.3) is 6.08 Å². The van der Waals surface area contributed by atoms with E-state index >= 15 is 0 Å². The van der Waals surface area contributed by atoms with Gasteiger partial charge in [-0.25, -0.2) is 13.0 Å². The summed E-state index contributed by atoms with van der Waals surface area (Å²) < 4.78 is 32.7.